The van der Waals surface area contributed by atoms with Gasteiger partial charge in [-0.1, -0.05) is 0 Å². The molecule has 0 amide bonds. The lowest BCUT2D eigenvalue weighted by atomic mass is 10.1. The fourth-order valence-electron chi connectivity index (χ4n) is 0.426. The zero-order valence-corrected chi connectivity index (χ0v) is 5.66. The van der Waals surface area contributed by atoms with Gasteiger partial charge in [-0.15, -0.1) is 0 Å². The van der Waals surface area contributed by atoms with Crippen LogP contribution in [-0.4, -0.2) is 18.4 Å². The van der Waals surface area contributed by atoms with E-state index in [0.717, 1.165) is 0 Å². The van der Waals surface area contributed by atoms with Crippen LogP contribution in [0.4, 0.5) is 13.2 Å². The molecule has 0 heterocycles. The van der Waals surface area contributed by atoms with E-state index in [1.165, 1.54) is 6.92 Å². The molecule has 0 aliphatic carbocycles. The van der Waals surface area contributed by atoms with Gasteiger partial charge < -0.3 is 4.79 Å². The molecule has 0 aromatic rings. The molecule has 10 heavy (non-hydrogen) atoms. The lowest BCUT2D eigenvalue weighted by Gasteiger charge is -2.09. The lowest BCUT2D eigenvalue weighted by Crippen LogP contribution is -2.19. The van der Waals surface area contributed by atoms with Crippen molar-refractivity contribution >= 4 is 5.78 Å². The summed E-state index contributed by atoms with van der Waals surface area (Å²) >= 11 is 0. The molecule has 0 fully saturated rings. The topological polar surface area (TPSA) is 17.1 Å². The molecular weight excluding hydrogens is 145 g/mol. The largest absolute Gasteiger partial charge is 0.300 e. The van der Waals surface area contributed by atoms with Crippen molar-refractivity contribution in [2.45, 2.75) is 25.7 Å². The Morgan fingerprint density at radius 3 is 2.30 bits per heavy atom. The standard InChI is InChI=1S/C6H9F3O/c1-5(10)2-3-6(8,9)4-7/h2-4H2,1H3. The van der Waals surface area contributed by atoms with Crippen molar-refractivity contribution in [1.29, 1.82) is 0 Å². The fourth-order valence-corrected chi connectivity index (χ4v) is 0.426. The van der Waals surface area contributed by atoms with E-state index in [0.29, 0.717) is 0 Å². The molecule has 60 valence electrons. The van der Waals surface area contributed by atoms with Crippen LogP contribution in [0.5, 0.6) is 0 Å². The van der Waals surface area contributed by atoms with E-state index < -0.39 is 19.0 Å². The maximum Gasteiger partial charge on any atom is 0.276 e. The van der Waals surface area contributed by atoms with Gasteiger partial charge in [0.15, 0.2) is 6.67 Å². The third-order valence-corrected chi connectivity index (χ3v) is 1.04. The van der Waals surface area contributed by atoms with Crippen LogP contribution in [0.1, 0.15) is 19.8 Å². The van der Waals surface area contributed by atoms with Crippen molar-refractivity contribution in [2.75, 3.05) is 6.67 Å². The van der Waals surface area contributed by atoms with Gasteiger partial charge in [0.25, 0.3) is 5.92 Å². The maximum absolute atomic E-state index is 12.0. The Kier molecular flexibility index (Phi) is 3.39. The minimum absolute atomic E-state index is 0.253. The van der Waals surface area contributed by atoms with Crippen LogP contribution in [0.2, 0.25) is 0 Å². The first-order valence-electron chi connectivity index (χ1n) is 2.91. The van der Waals surface area contributed by atoms with Gasteiger partial charge in [-0.2, -0.15) is 0 Å². The second kappa shape index (κ2) is 3.58. The molecular formula is C6H9F3O. The molecule has 0 aliphatic rings. The number of alkyl halides is 3. The molecule has 0 spiro atoms. The summed E-state index contributed by atoms with van der Waals surface area (Å²) in [4.78, 5) is 10.2. The lowest BCUT2D eigenvalue weighted by molar-refractivity contribution is -0.119. The minimum atomic E-state index is -3.31. The highest BCUT2D eigenvalue weighted by atomic mass is 19.3. The Morgan fingerprint density at radius 1 is 1.50 bits per heavy atom. The first-order valence-corrected chi connectivity index (χ1v) is 2.91. The highest BCUT2D eigenvalue weighted by Crippen LogP contribution is 2.20. The molecule has 0 atom stereocenters. The van der Waals surface area contributed by atoms with E-state index in [-0.39, 0.29) is 12.2 Å². The maximum atomic E-state index is 12.0. The summed E-state index contributed by atoms with van der Waals surface area (Å²) in [6.07, 6.45) is -0.935. The zero-order chi connectivity index (χ0) is 8.20. The summed E-state index contributed by atoms with van der Waals surface area (Å²) in [5.74, 6) is -3.65. The summed E-state index contributed by atoms with van der Waals surface area (Å²) in [5.41, 5.74) is 0. The van der Waals surface area contributed by atoms with Crippen molar-refractivity contribution in [3.8, 4) is 0 Å². The predicted octanol–water partition coefficient (Wildman–Crippen LogP) is 1.96. The van der Waals surface area contributed by atoms with E-state index >= 15 is 0 Å². The van der Waals surface area contributed by atoms with Crippen LogP contribution in [-0.2, 0) is 4.79 Å². The average Bonchev–Trinajstić information content (AvgIpc) is 1.85. The van der Waals surface area contributed by atoms with Crippen LogP contribution in [0, 0.1) is 0 Å². The molecule has 0 saturated heterocycles. The van der Waals surface area contributed by atoms with Crippen molar-refractivity contribution < 1.29 is 18.0 Å². The molecule has 0 rings (SSSR count). The van der Waals surface area contributed by atoms with Gasteiger partial charge in [0.05, 0.1) is 0 Å². The van der Waals surface area contributed by atoms with Crippen LogP contribution in [0.3, 0.4) is 0 Å². The van der Waals surface area contributed by atoms with Gasteiger partial charge in [-0.3, -0.25) is 0 Å². The summed E-state index contributed by atoms with van der Waals surface area (Å²) in [6, 6.07) is 0. The molecule has 0 bridgehead atoms. The second-order valence-electron chi connectivity index (χ2n) is 2.19. The molecule has 0 aromatic carbocycles. The van der Waals surface area contributed by atoms with Gasteiger partial charge in [-0.25, -0.2) is 13.2 Å². The predicted molar refractivity (Wildman–Crippen MR) is 30.8 cm³/mol. The molecule has 0 unspecified atom stereocenters. The minimum Gasteiger partial charge on any atom is -0.300 e. The van der Waals surface area contributed by atoms with E-state index in [4.69, 9.17) is 0 Å². The molecule has 4 heteroatoms. The van der Waals surface area contributed by atoms with Gasteiger partial charge in [-0.05, 0) is 6.92 Å². The Balaban J connectivity index is 3.56. The van der Waals surface area contributed by atoms with E-state index in [2.05, 4.69) is 0 Å². The van der Waals surface area contributed by atoms with E-state index in [1.807, 2.05) is 0 Å². The van der Waals surface area contributed by atoms with Crippen LogP contribution < -0.4 is 0 Å². The Bertz CT molecular complexity index is 122. The summed E-state index contributed by atoms with van der Waals surface area (Å²) in [5, 5.41) is 0. The van der Waals surface area contributed by atoms with Crippen molar-refractivity contribution in [3.63, 3.8) is 0 Å². The molecule has 0 aromatic heterocycles. The van der Waals surface area contributed by atoms with Crippen LogP contribution >= 0.6 is 0 Å². The zero-order valence-electron chi connectivity index (χ0n) is 5.66. The SMILES string of the molecule is CC(=O)CCC(F)(F)CF. The number of halogens is 3. The van der Waals surface area contributed by atoms with Crippen LogP contribution in [0.15, 0.2) is 0 Å². The second-order valence-corrected chi connectivity index (χ2v) is 2.19. The number of hydrogen-bond donors (Lipinski definition) is 0. The third-order valence-electron chi connectivity index (χ3n) is 1.04. The summed E-state index contributed by atoms with van der Waals surface area (Å²) < 4.78 is 35.3. The highest BCUT2D eigenvalue weighted by molar-refractivity contribution is 5.75. The third kappa shape index (κ3) is 4.35. The first kappa shape index (κ1) is 9.46. The number of rotatable bonds is 4. The Morgan fingerprint density at radius 2 is 2.00 bits per heavy atom. The highest BCUT2D eigenvalue weighted by Gasteiger charge is 2.28. The normalized spacial score (nSPS) is 11.6. The molecule has 0 N–H and O–H groups in total. The van der Waals surface area contributed by atoms with Gasteiger partial charge in [0.2, 0.25) is 0 Å². The van der Waals surface area contributed by atoms with E-state index in [1.54, 1.807) is 0 Å². The number of Topliss-reactive ketones (excluding diaryl/α,β-unsaturated/α-hetero) is 1. The summed E-state index contributed by atoms with van der Waals surface area (Å²) in [6.45, 7) is -0.478. The van der Waals surface area contributed by atoms with Gasteiger partial charge in [0.1, 0.15) is 5.78 Å². The molecule has 0 saturated carbocycles. The first-order chi connectivity index (χ1) is 4.48. The van der Waals surface area contributed by atoms with Crippen molar-refractivity contribution in [3.05, 3.63) is 0 Å². The molecule has 0 radical (unpaired) electrons. The van der Waals surface area contributed by atoms with Gasteiger partial charge >= 0.3 is 0 Å². The smallest absolute Gasteiger partial charge is 0.276 e. The number of hydrogen-bond acceptors (Lipinski definition) is 1. The van der Waals surface area contributed by atoms with Gasteiger partial charge in [0, 0.05) is 12.8 Å². The quantitative estimate of drug-likeness (QED) is 0.604. The van der Waals surface area contributed by atoms with Crippen molar-refractivity contribution in [1.82, 2.24) is 0 Å². The Labute approximate surface area is 57.2 Å². The monoisotopic (exact) mass is 154 g/mol. The number of carbonyl (C=O) groups excluding carboxylic acids is 1. The van der Waals surface area contributed by atoms with Crippen molar-refractivity contribution in [2.24, 2.45) is 0 Å². The fraction of sp³-hybridized carbons (Fsp3) is 0.833. The summed E-state index contributed by atoms with van der Waals surface area (Å²) in [7, 11) is 0. The molecule has 0 aliphatic heterocycles. The number of carbonyl (C=O) groups is 1. The average molecular weight is 154 g/mol. The number of ketones is 1. The van der Waals surface area contributed by atoms with E-state index in [9.17, 15) is 18.0 Å². The van der Waals surface area contributed by atoms with Crippen LogP contribution in [0.25, 0.3) is 0 Å². The Hall–Kier alpha value is -0.540. The molecule has 1 nitrogen and oxygen atoms in total.